The SMILES string of the molecule is CS(=O)(=O)Oc1nscc1C(N)=O. The maximum absolute atomic E-state index is 10.7. The number of hydrogen-bond donors (Lipinski definition) is 1. The van der Waals surface area contributed by atoms with E-state index in [4.69, 9.17) is 5.73 Å². The summed E-state index contributed by atoms with van der Waals surface area (Å²) in [5, 5.41) is 1.32. The van der Waals surface area contributed by atoms with Crippen molar-refractivity contribution in [3.8, 4) is 5.88 Å². The van der Waals surface area contributed by atoms with E-state index in [1.165, 1.54) is 5.38 Å². The molecule has 0 aliphatic heterocycles. The fourth-order valence-corrected chi connectivity index (χ4v) is 1.66. The van der Waals surface area contributed by atoms with Gasteiger partial charge in [-0.2, -0.15) is 12.8 Å². The first kappa shape index (κ1) is 9.93. The average Bonchev–Trinajstić information content (AvgIpc) is 2.31. The molecule has 1 heterocycles. The lowest BCUT2D eigenvalue weighted by Gasteiger charge is -1.98. The Balaban J connectivity index is 3.02. The average molecular weight is 222 g/mol. The van der Waals surface area contributed by atoms with Crippen LogP contribution in [0.15, 0.2) is 5.38 Å². The number of amides is 1. The van der Waals surface area contributed by atoms with Crippen molar-refractivity contribution < 1.29 is 17.4 Å². The highest BCUT2D eigenvalue weighted by Gasteiger charge is 2.16. The normalized spacial score (nSPS) is 11.2. The summed E-state index contributed by atoms with van der Waals surface area (Å²) in [6.07, 6.45) is 0.858. The van der Waals surface area contributed by atoms with Crippen LogP contribution >= 0.6 is 11.5 Å². The van der Waals surface area contributed by atoms with E-state index in [9.17, 15) is 13.2 Å². The topological polar surface area (TPSA) is 99.3 Å². The van der Waals surface area contributed by atoms with Gasteiger partial charge in [0.15, 0.2) is 0 Å². The molecule has 0 fully saturated rings. The zero-order valence-corrected chi connectivity index (χ0v) is 8.18. The van der Waals surface area contributed by atoms with Crippen molar-refractivity contribution in [1.82, 2.24) is 4.37 Å². The van der Waals surface area contributed by atoms with Crippen LogP contribution in [0.3, 0.4) is 0 Å². The largest absolute Gasteiger partial charge is 0.365 e. The van der Waals surface area contributed by atoms with Crippen molar-refractivity contribution in [3.63, 3.8) is 0 Å². The summed E-state index contributed by atoms with van der Waals surface area (Å²) >= 11 is 0.895. The molecule has 0 aliphatic rings. The van der Waals surface area contributed by atoms with Crippen LogP contribution in [0.25, 0.3) is 0 Å². The molecule has 1 aromatic rings. The Kier molecular flexibility index (Phi) is 2.52. The van der Waals surface area contributed by atoms with Gasteiger partial charge in [-0.25, -0.2) is 0 Å². The summed E-state index contributed by atoms with van der Waals surface area (Å²) in [6, 6.07) is 0. The number of carbonyl (C=O) groups is 1. The quantitative estimate of drug-likeness (QED) is 0.700. The number of nitrogens with zero attached hydrogens (tertiary/aromatic N) is 1. The second-order valence-electron chi connectivity index (χ2n) is 2.19. The van der Waals surface area contributed by atoms with Gasteiger partial charge in [0.2, 0.25) is 0 Å². The van der Waals surface area contributed by atoms with Crippen LogP contribution in [0.4, 0.5) is 0 Å². The third-order valence-corrected chi connectivity index (χ3v) is 2.11. The van der Waals surface area contributed by atoms with Crippen molar-refractivity contribution in [2.24, 2.45) is 5.73 Å². The predicted molar refractivity (Wildman–Crippen MR) is 46.1 cm³/mol. The molecule has 2 N–H and O–H groups in total. The van der Waals surface area contributed by atoms with Gasteiger partial charge in [-0.1, -0.05) is 0 Å². The lowest BCUT2D eigenvalue weighted by atomic mass is 10.3. The van der Waals surface area contributed by atoms with Gasteiger partial charge in [0, 0.05) is 5.38 Å². The number of aromatic nitrogens is 1. The van der Waals surface area contributed by atoms with Crippen LogP contribution in [-0.2, 0) is 10.1 Å². The standard InChI is InChI=1S/C5H6N2O4S2/c1-13(9,10)11-5-3(4(6)8)2-12-7-5/h2H,1H3,(H2,6,8). The van der Waals surface area contributed by atoms with E-state index in [0.29, 0.717) is 0 Å². The molecule has 1 amide bonds. The van der Waals surface area contributed by atoms with E-state index in [2.05, 4.69) is 8.56 Å². The molecule has 0 radical (unpaired) electrons. The van der Waals surface area contributed by atoms with E-state index in [-0.39, 0.29) is 11.4 Å². The number of carbonyl (C=O) groups excluding carboxylic acids is 1. The lowest BCUT2D eigenvalue weighted by molar-refractivity contribution is 0.0999. The molecule has 0 saturated carbocycles. The van der Waals surface area contributed by atoms with E-state index in [1.807, 2.05) is 0 Å². The van der Waals surface area contributed by atoms with Crippen molar-refractivity contribution >= 4 is 27.6 Å². The Morgan fingerprint density at radius 3 is 2.77 bits per heavy atom. The van der Waals surface area contributed by atoms with Gasteiger partial charge in [0.1, 0.15) is 5.56 Å². The van der Waals surface area contributed by atoms with Crippen LogP contribution in [0.1, 0.15) is 10.4 Å². The number of hydrogen-bond acceptors (Lipinski definition) is 6. The smallest absolute Gasteiger partial charge is 0.307 e. The van der Waals surface area contributed by atoms with Crippen molar-refractivity contribution in [1.29, 1.82) is 0 Å². The van der Waals surface area contributed by atoms with Gasteiger partial charge in [0.25, 0.3) is 11.8 Å². The third kappa shape index (κ3) is 2.67. The first-order valence-electron chi connectivity index (χ1n) is 3.04. The zero-order chi connectivity index (χ0) is 10.1. The van der Waals surface area contributed by atoms with Crippen LogP contribution in [-0.4, -0.2) is 25.0 Å². The van der Waals surface area contributed by atoms with Crippen LogP contribution in [0.5, 0.6) is 5.88 Å². The van der Waals surface area contributed by atoms with Crippen LogP contribution in [0.2, 0.25) is 0 Å². The first-order chi connectivity index (χ1) is 5.90. The van der Waals surface area contributed by atoms with Gasteiger partial charge in [-0.3, -0.25) is 4.79 Å². The van der Waals surface area contributed by atoms with Crippen molar-refractivity contribution in [2.45, 2.75) is 0 Å². The fourth-order valence-electron chi connectivity index (χ4n) is 0.593. The molecule has 1 rings (SSSR count). The number of rotatable bonds is 3. The molecule has 0 aromatic carbocycles. The Morgan fingerprint density at radius 1 is 1.69 bits per heavy atom. The molecule has 6 nitrogen and oxygen atoms in total. The fraction of sp³-hybridized carbons (Fsp3) is 0.200. The molecule has 13 heavy (non-hydrogen) atoms. The molecule has 0 aliphatic carbocycles. The predicted octanol–water partition coefficient (Wildman–Crippen LogP) is -0.420. The monoisotopic (exact) mass is 222 g/mol. The minimum absolute atomic E-state index is 0.0320. The highest BCUT2D eigenvalue weighted by molar-refractivity contribution is 7.86. The van der Waals surface area contributed by atoms with E-state index in [0.717, 1.165) is 17.8 Å². The van der Waals surface area contributed by atoms with Crippen molar-refractivity contribution in [2.75, 3.05) is 6.26 Å². The molecule has 0 spiro atoms. The summed E-state index contributed by atoms with van der Waals surface area (Å²) in [5.41, 5.74) is 4.90. The second-order valence-corrected chi connectivity index (χ2v) is 4.39. The van der Waals surface area contributed by atoms with Crippen LogP contribution < -0.4 is 9.92 Å². The highest BCUT2D eigenvalue weighted by Crippen LogP contribution is 2.19. The van der Waals surface area contributed by atoms with E-state index >= 15 is 0 Å². The minimum atomic E-state index is -3.67. The number of primary amides is 1. The second kappa shape index (κ2) is 3.30. The molecule has 0 bridgehead atoms. The zero-order valence-electron chi connectivity index (χ0n) is 6.55. The Hall–Kier alpha value is -1.15. The molecular weight excluding hydrogens is 216 g/mol. The van der Waals surface area contributed by atoms with Gasteiger partial charge < -0.3 is 9.92 Å². The highest BCUT2D eigenvalue weighted by atomic mass is 32.2. The van der Waals surface area contributed by atoms with Gasteiger partial charge in [-0.15, -0.1) is 0 Å². The summed E-state index contributed by atoms with van der Waals surface area (Å²) < 4.78 is 29.3. The third-order valence-electron chi connectivity index (χ3n) is 1.03. The van der Waals surface area contributed by atoms with Gasteiger partial charge >= 0.3 is 10.1 Å². The molecule has 0 unspecified atom stereocenters. The molecular formula is C5H6N2O4S2. The summed E-state index contributed by atoms with van der Waals surface area (Å²) in [6.45, 7) is 0. The maximum atomic E-state index is 10.7. The lowest BCUT2D eigenvalue weighted by Crippen LogP contribution is -2.14. The van der Waals surface area contributed by atoms with Crippen molar-refractivity contribution in [3.05, 3.63) is 10.9 Å². The van der Waals surface area contributed by atoms with E-state index < -0.39 is 16.0 Å². The van der Waals surface area contributed by atoms with Crippen LogP contribution in [0, 0.1) is 0 Å². The van der Waals surface area contributed by atoms with Gasteiger partial charge in [0.05, 0.1) is 6.26 Å². The Labute approximate surface area is 78.6 Å². The molecule has 1 aromatic heterocycles. The summed E-state index contributed by atoms with van der Waals surface area (Å²) in [5.74, 6) is -1.03. The Morgan fingerprint density at radius 2 is 2.31 bits per heavy atom. The maximum Gasteiger partial charge on any atom is 0.307 e. The molecule has 0 saturated heterocycles. The first-order valence-corrected chi connectivity index (χ1v) is 5.69. The summed E-state index contributed by atoms with van der Waals surface area (Å²) in [7, 11) is -3.67. The molecule has 8 heteroatoms. The minimum Gasteiger partial charge on any atom is -0.365 e. The number of nitrogens with two attached hydrogens (primary N) is 1. The van der Waals surface area contributed by atoms with E-state index in [1.54, 1.807) is 0 Å². The Bertz CT molecular complexity index is 421. The van der Waals surface area contributed by atoms with Gasteiger partial charge in [-0.05, 0) is 11.5 Å². The molecule has 72 valence electrons. The molecule has 0 atom stereocenters. The summed E-state index contributed by atoms with van der Waals surface area (Å²) in [4.78, 5) is 10.7.